The van der Waals surface area contributed by atoms with E-state index in [0.29, 0.717) is 19.0 Å². The second kappa shape index (κ2) is 9.16. The van der Waals surface area contributed by atoms with Crippen molar-refractivity contribution in [2.24, 2.45) is 0 Å². The molecule has 2 aliphatic rings. The van der Waals surface area contributed by atoms with Gasteiger partial charge in [0.1, 0.15) is 0 Å². The summed E-state index contributed by atoms with van der Waals surface area (Å²) in [5.41, 5.74) is 2.07. The number of aromatic nitrogens is 1. The van der Waals surface area contributed by atoms with Gasteiger partial charge >= 0.3 is 6.03 Å². The predicted octanol–water partition coefficient (Wildman–Crippen LogP) is 4.11. The molecule has 0 radical (unpaired) electrons. The van der Waals surface area contributed by atoms with Gasteiger partial charge in [-0.2, -0.15) is 0 Å². The van der Waals surface area contributed by atoms with Gasteiger partial charge in [0.15, 0.2) is 11.5 Å². The number of hydrogen-bond donors (Lipinski definition) is 1. The van der Waals surface area contributed by atoms with Crippen LogP contribution in [-0.2, 0) is 6.54 Å². The van der Waals surface area contributed by atoms with Crippen LogP contribution in [0.2, 0.25) is 0 Å². The lowest BCUT2D eigenvalue weighted by atomic mass is 9.98. The third kappa shape index (κ3) is 4.81. The van der Waals surface area contributed by atoms with E-state index in [-0.39, 0.29) is 12.1 Å². The number of nitrogens with zero attached hydrogens (tertiary/aromatic N) is 2. The number of pyridine rings is 1. The SMILES string of the molecule is COc1ccc(C2CCN(C(=O)NCc3ccccn3)C2)cc1OC1CCCC1. The van der Waals surface area contributed by atoms with E-state index < -0.39 is 0 Å². The summed E-state index contributed by atoms with van der Waals surface area (Å²) in [7, 11) is 1.68. The fraction of sp³-hybridized carbons (Fsp3) is 0.478. The molecule has 1 saturated heterocycles. The van der Waals surface area contributed by atoms with Crippen LogP contribution in [0.25, 0.3) is 0 Å². The minimum absolute atomic E-state index is 0.0332. The normalized spacial score (nSPS) is 19.3. The van der Waals surface area contributed by atoms with Gasteiger partial charge in [-0.05, 0) is 61.9 Å². The Balaban J connectivity index is 1.37. The Hall–Kier alpha value is -2.76. The number of carbonyl (C=O) groups excluding carboxylic acids is 1. The lowest BCUT2D eigenvalue weighted by molar-refractivity contribution is 0.200. The number of nitrogens with one attached hydrogen (secondary N) is 1. The monoisotopic (exact) mass is 395 g/mol. The molecule has 2 aromatic rings. The molecule has 6 nitrogen and oxygen atoms in total. The Morgan fingerprint density at radius 3 is 2.79 bits per heavy atom. The van der Waals surface area contributed by atoms with Crippen molar-refractivity contribution in [3.63, 3.8) is 0 Å². The molecule has 2 fully saturated rings. The number of carbonyl (C=O) groups is 1. The number of methoxy groups -OCH3 is 1. The van der Waals surface area contributed by atoms with Gasteiger partial charge in [-0.15, -0.1) is 0 Å². The number of hydrogen-bond acceptors (Lipinski definition) is 4. The van der Waals surface area contributed by atoms with Gasteiger partial charge in [-0.25, -0.2) is 4.79 Å². The molecule has 154 valence electrons. The minimum Gasteiger partial charge on any atom is -0.493 e. The molecule has 29 heavy (non-hydrogen) atoms. The summed E-state index contributed by atoms with van der Waals surface area (Å²) in [6.45, 7) is 1.91. The van der Waals surface area contributed by atoms with Gasteiger partial charge in [0.25, 0.3) is 0 Å². The van der Waals surface area contributed by atoms with E-state index >= 15 is 0 Å². The van der Waals surface area contributed by atoms with Crippen LogP contribution in [0.5, 0.6) is 11.5 Å². The fourth-order valence-corrected chi connectivity index (χ4v) is 4.22. The quantitative estimate of drug-likeness (QED) is 0.799. The third-order valence-electron chi connectivity index (χ3n) is 5.88. The zero-order valence-electron chi connectivity index (χ0n) is 17.0. The van der Waals surface area contributed by atoms with E-state index in [1.807, 2.05) is 29.2 Å². The van der Waals surface area contributed by atoms with Crippen molar-refractivity contribution in [1.82, 2.24) is 15.2 Å². The van der Waals surface area contributed by atoms with Crippen molar-refractivity contribution in [2.75, 3.05) is 20.2 Å². The first-order valence-electron chi connectivity index (χ1n) is 10.5. The summed E-state index contributed by atoms with van der Waals surface area (Å²) in [6.07, 6.45) is 7.67. The molecule has 4 rings (SSSR count). The fourth-order valence-electron chi connectivity index (χ4n) is 4.22. The molecule has 0 bridgehead atoms. The van der Waals surface area contributed by atoms with Crippen molar-refractivity contribution >= 4 is 6.03 Å². The average molecular weight is 396 g/mol. The molecule has 1 N–H and O–H groups in total. The van der Waals surface area contributed by atoms with Crippen molar-refractivity contribution in [1.29, 1.82) is 0 Å². The Labute approximate surface area is 172 Å². The van der Waals surface area contributed by atoms with E-state index in [9.17, 15) is 4.79 Å². The molecule has 1 atom stereocenters. The number of ether oxygens (including phenoxy) is 2. The molecule has 0 spiro atoms. The molecule has 1 aliphatic heterocycles. The van der Waals surface area contributed by atoms with E-state index in [0.717, 1.165) is 43.0 Å². The van der Waals surface area contributed by atoms with Crippen LogP contribution in [0.3, 0.4) is 0 Å². The highest BCUT2D eigenvalue weighted by molar-refractivity contribution is 5.74. The van der Waals surface area contributed by atoms with Gasteiger partial charge in [0, 0.05) is 25.2 Å². The highest BCUT2D eigenvalue weighted by Gasteiger charge is 2.28. The highest BCUT2D eigenvalue weighted by Crippen LogP contribution is 2.36. The summed E-state index contributed by atoms with van der Waals surface area (Å²) in [5, 5.41) is 2.97. The molecule has 2 amide bonds. The summed E-state index contributed by atoms with van der Waals surface area (Å²) < 4.78 is 11.7. The lowest BCUT2D eigenvalue weighted by Gasteiger charge is -2.19. The van der Waals surface area contributed by atoms with Crippen LogP contribution in [0.4, 0.5) is 4.79 Å². The van der Waals surface area contributed by atoms with Crippen LogP contribution < -0.4 is 14.8 Å². The zero-order chi connectivity index (χ0) is 20.1. The second-order valence-electron chi connectivity index (χ2n) is 7.85. The number of amides is 2. The largest absolute Gasteiger partial charge is 0.493 e. The van der Waals surface area contributed by atoms with Crippen LogP contribution in [0.15, 0.2) is 42.6 Å². The van der Waals surface area contributed by atoms with Gasteiger partial charge < -0.3 is 19.7 Å². The Bertz CT molecular complexity index is 821. The first-order chi connectivity index (χ1) is 14.2. The van der Waals surface area contributed by atoms with Gasteiger partial charge in [0.05, 0.1) is 25.5 Å². The molecular formula is C23H29N3O3. The minimum atomic E-state index is -0.0332. The average Bonchev–Trinajstić information content (AvgIpc) is 3.45. The summed E-state index contributed by atoms with van der Waals surface area (Å²) in [4.78, 5) is 18.7. The lowest BCUT2D eigenvalue weighted by Crippen LogP contribution is -2.38. The van der Waals surface area contributed by atoms with Crippen LogP contribution in [0.1, 0.15) is 49.3 Å². The van der Waals surface area contributed by atoms with Crippen molar-refractivity contribution in [3.05, 3.63) is 53.9 Å². The molecule has 1 unspecified atom stereocenters. The number of likely N-dealkylation sites (tertiary alicyclic amines) is 1. The molecule has 1 saturated carbocycles. The van der Waals surface area contributed by atoms with Crippen molar-refractivity contribution < 1.29 is 14.3 Å². The van der Waals surface area contributed by atoms with E-state index in [1.54, 1.807) is 13.3 Å². The standard InChI is InChI=1S/C23H29N3O3/c1-28-21-10-9-17(14-22(21)29-20-7-2-3-8-20)18-11-13-26(16-18)23(27)25-15-19-6-4-5-12-24-19/h4-6,9-10,12,14,18,20H,2-3,7-8,11,13,15-16H2,1H3,(H,25,27). The topological polar surface area (TPSA) is 63.7 Å². The molecule has 2 heterocycles. The highest BCUT2D eigenvalue weighted by atomic mass is 16.5. The van der Waals surface area contributed by atoms with Gasteiger partial charge in [-0.3, -0.25) is 4.98 Å². The maximum Gasteiger partial charge on any atom is 0.317 e. The number of benzene rings is 1. The van der Waals surface area contributed by atoms with E-state index in [1.165, 1.54) is 18.4 Å². The van der Waals surface area contributed by atoms with Crippen LogP contribution in [-0.4, -0.2) is 42.2 Å². The zero-order valence-corrected chi connectivity index (χ0v) is 17.0. The Morgan fingerprint density at radius 1 is 1.17 bits per heavy atom. The Kier molecular flexibility index (Phi) is 6.17. The van der Waals surface area contributed by atoms with Crippen molar-refractivity contribution in [2.45, 2.75) is 50.7 Å². The Morgan fingerprint density at radius 2 is 2.03 bits per heavy atom. The first kappa shape index (κ1) is 19.6. The van der Waals surface area contributed by atoms with Gasteiger partial charge in [-0.1, -0.05) is 12.1 Å². The predicted molar refractivity (Wildman–Crippen MR) is 111 cm³/mol. The first-order valence-corrected chi connectivity index (χ1v) is 10.5. The van der Waals surface area contributed by atoms with Crippen LogP contribution >= 0.6 is 0 Å². The molecule has 1 aliphatic carbocycles. The smallest absolute Gasteiger partial charge is 0.317 e. The number of urea groups is 1. The molecule has 1 aromatic heterocycles. The summed E-state index contributed by atoms with van der Waals surface area (Å²) in [5.74, 6) is 1.92. The number of rotatable bonds is 6. The molecular weight excluding hydrogens is 366 g/mol. The second-order valence-corrected chi connectivity index (χ2v) is 7.85. The maximum atomic E-state index is 12.5. The molecule has 6 heteroatoms. The van der Waals surface area contributed by atoms with Gasteiger partial charge in [0.2, 0.25) is 0 Å². The molecule has 1 aromatic carbocycles. The maximum absolute atomic E-state index is 12.5. The van der Waals surface area contributed by atoms with Crippen LogP contribution in [0, 0.1) is 0 Å². The van der Waals surface area contributed by atoms with Crippen molar-refractivity contribution in [3.8, 4) is 11.5 Å². The summed E-state index contributed by atoms with van der Waals surface area (Å²) >= 11 is 0. The third-order valence-corrected chi connectivity index (χ3v) is 5.88. The van der Waals surface area contributed by atoms with E-state index in [2.05, 4.69) is 22.4 Å². The summed E-state index contributed by atoms with van der Waals surface area (Å²) in [6, 6.07) is 11.9. The van der Waals surface area contributed by atoms with E-state index in [4.69, 9.17) is 9.47 Å².